The number of aromatic amines is 1. The minimum atomic E-state index is -1.18. The summed E-state index contributed by atoms with van der Waals surface area (Å²) in [5.74, 6) is 2.64. The second-order valence-corrected chi connectivity index (χ2v) is 18.0. The minimum Gasteiger partial charge on any atom is -0.504 e. The Hall–Kier alpha value is -3.24. The van der Waals surface area contributed by atoms with Crippen LogP contribution in [0.1, 0.15) is 102 Å². The van der Waals surface area contributed by atoms with Gasteiger partial charge < -0.3 is 34.9 Å². The summed E-state index contributed by atoms with van der Waals surface area (Å²) in [6, 6.07) is 7.53. The third kappa shape index (κ3) is 3.12. The number of rotatable bonds is 4. The van der Waals surface area contributed by atoms with Crippen LogP contribution in [0.4, 0.5) is 0 Å². The highest BCUT2D eigenvalue weighted by Crippen LogP contribution is 2.74. The van der Waals surface area contributed by atoms with Gasteiger partial charge in [-0.25, -0.2) is 0 Å². The number of phenolic OH excluding ortho intramolecular Hbond substituents is 2. The van der Waals surface area contributed by atoms with E-state index < -0.39 is 34.2 Å². The molecule has 9 nitrogen and oxygen atoms in total. The van der Waals surface area contributed by atoms with E-state index in [9.17, 15) is 20.4 Å². The van der Waals surface area contributed by atoms with Gasteiger partial charge in [0, 0.05) is 49.1 Å². The maximum atomic E-state index is 13.6. The fourth-order valence-corrected chi connectivity index (χ4v) is 13.0. The molecule has 0 bridgehead atoms. The van der Waals surface area contributed by atoms with E-state index >= 15 is 0 Å². The van der Waals surface area contributed by atoms with Gasteiger partial charge in [-0.3, -0.25) is 9.80 Å². The number of fused-ring (bicyclic) bond motifs is 9. The predicted octanol–water partition coefficient (Wildman–Crippen LogP) is 4.73. The van der Waals surface area contributed by atoms with Gasteiger partial charge in [0.05, 0.1) is 39.5 Å². The van der Waals surface area contributed by atoms with Gasteiger partial charge in [-0.15, -0.1) is 0 Å². The van der Waals surface area contributed by atoms with E-state index in [-0.39, 0.29) is 29.6 Å². The Morgan fingerprint density at radius 3 is 1.96 bits per heavy atom. The van der Waals surface area contributed by atoms with Crippen LogP contribution >= 0.6 is 0 Å². The molecule has 5 aliphatic carbocycles. The number of aromatic nitrogens is 1. The molecule has 2 aromatic carbocycles. The first kappa shape index (κ1) is 29.3. The number of phenols is 2. The van der Waals surface area contributed by atoms with E-state index in [2.05, 4.69) is 35.6 Å². The summed E-state index contributed by atoms with van der Waals surface area (Å²) in [6.45, 7) is 9.24. The van der Waals surface area contributed by atoms with Crippen molar-refractivity contribution in [3.63, 3.8) is 0 Å². The molecule has 50 heavy (non-hydrogen) atoms. The number of aliphatic hydroxyl groups is 2. The summed E-state index contributed by atoms with van der Waals surface area (Å²) >= 11 is 0. The van der Waals surface area contributed by atoms with Crippen LogP contribution < -0.4 is 9.47 Å². The SMILES string of the molecule is Cc1ccc(O)c2c1[C@]13C[C@@H]4C(N4CC4CC4)[C@]1(O)Cc1c([nH]c4c1C[C@@]1(O)[C@@H](C)N(CC5CC5)CC[C@@]15c1c(C)ccc(O)c1O[C@@H]45)[C@@H]3O2. The number of hydrogen-bond donors (Lipinski definition) is 5. The molecule has 2 unspecified atom stereocenters. The van der Waals surface area contributed by atoms with Crippen LogP contribution in [0.2, 0.25) is 0 Å². The third-order valence-electron chi connectivity index (χ3n) is 15.7. The second-order valence-electron chi connectivity index (χ2n) is 18.0. The fraction of sp³-hybridized carbons (Fsp3) is 0.610. The molecule has 262 valence electrons. The number of nitrogens with zero attached hydrogens (tertiary/aromatic N) is 2. The number of nitrogens with one attached hydrogen (secondary N) is 1. The van der Waals surface area contributed by atoms with Crippen molar-refractivity contribution >= 4 is 0 Å². The molecule has 2 saturated heterocycles. The minimum absolute atomic E-state index is 0.0283. The number of ether oxygens (including phenoxy) is 2. The monoisotopic (exact) mass is 677 g/mol. The van der Waals surface area contributed by atoms with E-state index in [1.165, 1.54) is 25.7 Å². The van der Waals surface area contributed by atoms with Crippen molar-refractivity contribution in [3.8, 4) is 23.0 Å². The van der Waals surface area contributed by atoms with Gasteiger partial charge in [-0.05, 0) is 112 Å². The van der Waals surface area contributed by atoms with Gasteiger partial charge in [0.25, 0.3) is 0 Å². The molecule has 1 aromatic heterocycles. The first-order valence-electron chi connectivity index (χ1n) is 19.2. The molecule has 9 heteroatoms. The molecule has 4 aliphatic heterocycles. The summed E-state index contributed by atoms with van der Waals surface area (Å²) in [7, 11) is 0. The average molecular weight is 678 g/mol. The quantitative estimate of drug-likeness (QED) is 0.252. The molecule has 5 heterocycles. The first-order valence-corrected chi connectivity index (χ1v) is 19.2. The Labute approximate surface area is 292 Å². The number of benzene rings is 2. The Kier molecular flexibility index (Phi) is 5.20. The van der Waals surface area contributed by atoms with Crippen LogP contribution in [0, 0.1) is 25.7 Å². The lowest BCUT2D eigenvalue weighted by atomic mass is 9.52. The summed E-state index contributed by atoms with van der Waals surface area (Å²) in [5, 5.41) is 49.5. The fourth-order valence-electron chi connectivity index (χ4n) is 13.0. The van der Waals surface area contributed by atoms with Gasteiger partial charge in [-0.1, -0.05) is 12.1 Å². The summed E-state index contributed by atoms with van der Waals surface area (Å²) < 4.78 is 13.9. The van der Waals surface area contributed by atoms with Crippen LogP contribution in [0.25, 0.3) is 0 Å². The average Bonchev–Trinajstić information content (AvgIpc) is 4.04. The van der Waals surface area contributed by atoms with E-state index in [4.69, 9.17) is 9.47 Å². The molecule has 0 radical (unpaired) electrons. The largest absolute Gasteiger partial charge is 0.504 e. The van der Waals surface area contributed by atoms with Crippen molar-refractivity contribution in [3.05, 3.63) is 69.0 Å². The smallest absolute Gasteiger partial charge is 0.166 e. The van der Waals surface area contributed by atoms with Gasteiger partial charge >= 0.3 is 0 Å². The van der Waals surface area contributed by atoms with Gasteiger partial charge in [0.2, 0.25) is 0 Å². The Morgan fingerprint density at radius 2 is 1.34 bits per heavy atom. The number of hydrogen-bond acceptors (Lipinski definition) is 8. The van der Waals surface area contributed by atoms with Crippen LogP contribution in [-0.4, -0.2) is 84.2 Å². The van der Waals surface area contributed by atoms with Crippen LogP contribution in [0.5, 0.6) is 23.0 Å². The molecule has 3 saturated carbocycles. The van der Waals surface area contributed by atoms with Crippen LogP contribution in [0.15, 0.2) is 24.3 Å². The Balaban J connectivity index is 1.07. The number of aromatic hydroxyl groups is 2. The highest BCUT2D eigenvalue weighted by molar-refractivity contribution is 5.67. The Bertz CT molecular complexity index is 2050. The van der Waals surface area contributed by atoms with Crippen molar-refractivity contribution in [1.82, 2.24) is 14.8 Å². The normalized spacial score (nSPS) is 42.5. The van der Waals surface area contributed by atoms with Crippen LogP contribution in [0.3, 0.4) is 0 Å². The number of piperidine rings is 2. The lowest BCUT2D eigenvalue weighted by Gasteiger charge is -2.60. The van der Waals surface area contributed by atoms with Gasteiger partial charge in [0.1, 0.15) is 0 Å². The highest BCUT2D eigenvalue weighted by Gasteiger charge is 2.81. The predicted molar refractivity (Wildman–Crippen MR) is 184 cm³/mol. The molecule has 0 amide bonds. The van der Waals surface area contributed by atoms with E-state index in [1.54, 1.807) is 12.1 Å². The maximum absolute atomic E-state index is 13.6. The first-order chi connectivity index (χ1) is 24.0. The summed E-state index contributed by atoms with van der Waals surface area (Å²) in [5.41, 5.74) is 4.19. The van der Waals surface area contributed by atoms with E-state index in [1.807, 2.05) is 12.1 Å². The van der Waals surface area contributed by atoms with Gasteiger partial charge in [-0.2, -0.15) is 0 Å². The van der Waals surface area contributed by atoms with E-state index in [0.717, 1.165) is 83.2 Å². The van der Waals surface area contributed by atoms with Crippen molar-refractivity contribution in [2.45, 2.75) is 125 Å². The maximum Gasteiger partial charge on any atom is 0.166 e. The molecule has 12 rings (SSSR count). The lowest BCUT2D eigenvalue weighted by Crippen LogP contribution is -2.71. The molecule has 10 atom stereocenters. The molecule has 2 spiro atoms. The molecule has 5 fully saturated rings. The number of likely N-dealkylation sites (tertiary alicyclic amines) is 2. The number of H-pyrrole nitrogens is 1. The number of aryl methyl sites for hydroxylation is 2. The van der Waals surface area contributed by atoms with Crippen molar-refractivity contribution in [1.29, 1.82) is 0 Å². The highest BCUT2D eigenvalue weighted by atomic mass is 16.5. The molecular formula is C41H47N3O6. The van der Waals surface area contributed by atoms with Crippen molar-refractivity contribution in [2.75, 3.05) is 19.6 Å². The third-order valence-corrected chi connectivity index (χ3v) is 15.7. The topological polar surface area (TPSA) is 121 Å². The molecular weight excluding hydrogens is 630 g/mol. The molecule has 5 N–H and O–H groups in total. The van der Waals surface area contributed by atoms with Crippen LogP contribution in [-0.2, 0) is 23.7 Å². The zero-order chi connectivity index (χ0) is 33.9. The molecule has 3 aromatic rings. The zero-order valence-corrected chi connectivity index (χ0v) is 29.1. The Morgan fingerprint density at radius 1 is 0.780 bits per heavy atom. The molecule has 9 aliphatic rings. The van der Waals surface area contributed by atoms with Crippen molar-refractivity contribution in [2.24, 2.45) is 11.8 Å². The van der Waals surface area contributed by atoms with E-state index in [0.29, 0.717) is 30.3 Å². The standard InChI is InChI=1S/C41H47N3O6/c1-19-4-10-27(45)33-29(19)38-12-13-43(17-22-6-7-22)21(3)40(38,47)14-24-25-15-41(48)35-26(44(35)18-23-8-9-23)16-39(41)30-20(2)5-11-28(46)34(30)50-37(39)32(25)42-31(24)36(38)49-33/h4-5,10-11,21-23,26,35-37,42,45-48H,6-9,12-18H2,1-3H3/t21-,26-,35?,36+,37+,38+,39+,40-,41-,44?/m1/s1. The van der Waals surface area contributed by atoms with Crippen molar-refractivity contribution < 1.29 is 29.9 Å². The van der Waals surface area contributed by atoms with Gasteiger partial charge in [0.15, 0.2) is 35.2 Å². The summed E-state index contributed by atoms with van der Waals surface area (Å²) in [4.78, 5) is 8.95. The lowest BCUT2D eigenvalue weighted by molar-refractivity contribution is -0.163. The summed E-state index contributed by atoms with van der Waals surface area (Å²) in [6.07, 6.45) is 6.40. The second kappa shape index (κ2) is 8.85. The zero-order valence-electron chi connectivity index (χ0n) is 29.1.